The molecule has 0 spiro atoms. The molecule has 0 aliphatic carbocycles. The summed E-state index contributed by atoms with van der Waals surface area (Å²) in [7, 11) is 0. The number of carboxylic acids is 1. The summed E-state index contributed by atoms with van der Waals surface area (Å²) in [6.45, 7) is 2.89. The first-order chi connectivity index (χ1) is 6.40. The molecule has 0 aliphatic heterocycles. The van der Waals surface area contributed by atoms with Crippen molar-refractivity contribution in [3.63, 3.8) is 0 Å². The Morgan fingerprint density at radius 1 is 1.57 bits per heavy atom. The number of nitrogens with two attached hydrogens (primary N) is 1. The second-order valence-electron chi connectivity index (χ2n) is 3.28. The van der Waals surface area contributed by atoms with Gasteiger partial charge in [0.15, 0.2) is 6.61 Å². The summed E-state index contributed by atoms with van der Waals surface area (Å²) in [5.41, 5.74) is 6.62. The first-order valence-corrected chi connectivity index (χ1v) is 4.33. The topological polar surface area (TPSA) is 102 Å². The summed E-state index contributed by atoms with van der Waals surface area (Å²) < 4.78 is 0. The Hall–Kier alpha value is -1.14. The maximum Gasteiger partial charge on any atom is 0.332 e. The van der Waals surface area contributed by atoms with E-state index >= 15 is 0 Å². The summed E-state index contributed by atoms with van der Waals surface area (Å²) in [6.07, 6.45) is 1.27. The van der Waals surface area contributed by atoms with Gasteiger partial charge in [-0.1, -0.05) is 13.3 Å². The predicted octanol–water partition coefficient (Wildman–Crippen LogP) is -0.364. The van der Waals surface area contributed by atoms with Crippen LogP contribution < -0.4 is 11.2 Å². The minimum absolute atomic E-state index is 0.509. The molecule has 0 heterocycles. The molecule has 0 bridgehead atoms. The van der Waals surface area contributed by atoms with Gasteiger partial charge in [0.1, 0.15) is 0 Å². The van der Waals surface area contributed by atoms with Crippen molar-refractivity contribution in [3.8, 4) is 0 Å². The molecule has 14 heavy (non-hydrogen) atoms. The zero-order valence-electron chi connectivity index (χ0n) is 8.37. The summed E-state index contributed by atoms with van der Waals surface area (Å²) in [6, 6.07) is 0. The van der Waals surface area contributed by atoms with Gasteiger partial charge in [-0.05, 0) is 13.3 Å². The van der Waals surface area contributed by atoms with Crippen LogP contribution in [0.25, 0.3) is 0 Å². The molecule has 0 aliphatic rings. The standard InChI is InChI=1S/C8H16N2O4/c1-3-4-8(2,9)7(13)10-14-5-6(11)12/h3-5,9H2,1-2H3,(H,10,13)(H,11,12). The summed E-state index contributed by atoms with van der Waals surface area (Å²) in [5.74, 6) is -1.67. The first-order valence-electron chi connectivity index (χ1n) is 4.33. The number of carbonyl (C=O) groups excluding carboxylic acids is 1. The Labute approximate surface area is 82.4 Å². The van der Waals surface area contributed by atoms with Gasteiger partial charge in [-0.2, -0.15) is 0 Å². The average Bonchev–Trinajstić information content (AvgIpc) is 2.03. The third-order valence-electron chi connectivity index (χ3n) is 1.65. The van der Waals surface area contributed by atoms with Gasteiger partial charge < -0.3 is 10.8 Å². The molecule has 0 aromatic heterocycles. The van der Waals surface area contributed by atoms with E-state index in [1.165, 1.54) is 0 Å². The van der Waals surface area contributed by atoms with Crippen molar-refractivity contribution in [1.29, 1.82) is 0 Å². The number of hydrogen-bond acceptors (Lipinski definition) is 4. The van der Waals surface area contributed by atoms with Crippen molar-refractivity contribution in [2.45, 2.75) is 32.2 Å². The molecule has 6 heteroatoms. The molecular formula is C8H16N2O4. The Bertz CT molecular complexity index is 215. The van der Waals surface area contributed by atoms with Crippen LogP contribution in [0.4, 0.5) is 0 Å². The summed E-state index contributed by atoms with van der Waals surface area (Å²) >= 11 is 0. The van der Waals surface area contributed by atoms with Crippen LogP contribution >= 0.6 is 0 Å². The van der Waals surface area contributed by atoms with Gasteiger partial charge >= 0.3 is 5.97 Å². The van der Waals surface area contributed by atoms with Crippen LogP contribution in [0, 0.1) is 0 Å². The molecule has 0 saturated carbocycles. The minimum Gasteiger partial charge on any atom is -0.479 e. The van der Waals surface area contributed by atoms with Gasteiger partial charge in [0.25, 0.3) is 5.91 Å². The van der Waals surface area contributed by atoms with Crippen LogP contribution in [0.2, 0.25) is 0 Å². The number of carbonyl (C=O) groups is 2. The highest BCUT2D eigenvalue weighted by atomic mass is 16.7. The Morgan fingerprint density at radius 2 is 2.14 bits per heavy atom. The highest BCUT2D eigenvalue weighted by Crippen LogP contribution is 2.07. The van der Waals surface area contributed by atoms with Crippen LogP contribution in [0.1, 0.15) is 26.7 Å². The number of amides is 1. The smallest absolute Gasteiger partial charge is 0.332 e. The molecule has 1 atom stereocenters. The van der Waals surface area contributed by atoms with E-state index < -0.39 is 24.0 Å². The van der Waals surface area contributed by atoms with Crippen LogP contribution in [-0.4, -0.2) is 29.1 Å². The van der Waals surface area contributed by atoms with Crippen molar-refractivity contribution < 1.29 is 19.5 Å². The molecule has 0 saturated heterocycles. The van der Waals surface area contributed by atoms with Gasteiger partial charge in [0.2, 0.25) is 0 Å². The average molecular weight is 204 g/mol. The minimum atomic E-state index is -1.15. The SMILES string of the molecule is CCCC(C)(N)C(=O)NOCC(=O)O. The normalized spacial score (nSPS) is 14.5. The summed E-state index contributed by atoms with van der Waals surface area (Å²) in [4.78, 5) is 25.7. The van der Waals surface area contributed by atoms with Gasteiger partial charge in [0.05, 0.1) is 5.54 Å². The first kappa shape index (κ1) is 12.9. The molecule has 0 rings (SSSR count). The van der Waals surface area contributed by atoms with Crippen molar-refractivity contribution in [2.75, 3.05) is 6.61 Å². The molecule has 6 nitrogen and oxygen atoms in total. The van der Waals surface area contributed by atoms with E-state index in [2.05, 4.69) is 4.84 Å². The molecule has 0 fully saturated rings. The fraction of sp³-hybridized carbons (Fsp3) is 0.750. The van der Waals surface area contributed by atoms with Crippen molar-refractivity contribution >= 4 is 11.9 Å². The molecule has 0 aromatic carbocycles. The fourth-order valence-electron chi connectivity index (χ4n) is 0.913. The fourth-order valence-corrected chi connectivity index (χ4v) is 0.913. The van der Waals surface area contributed by atoms with Crippen molar-refractivity contribution in [2.24, 2.45) is 5.73 Å². The van der Waals surface area contributed by atoms with Crippen LogP contribution in [-0.2, 0) is 14.4 Å². The third kappa shape index (κ3) is 4.78. The zero-order chi connectivity index (χ0) is 11.2. The number of nitrogens with one attached hydrogen (secondary N) is 1. The lowest BCUT2D eigenvalue weighted by molar-refractivity contribution is -0.151. The number of rotatable bonds is 6. The second-order valence-corrected chi connectivity index (χ2v) is 3.28. The summed E-state index contributed by atoms with van der Waals surface area (Å²) in [5, 5.41) is 8.22. The van der Waals surface area contributed by atoms with Gasteiger partial charge in [0, 0.05) is 0 Å². The molecule has 4 N–H and O–H groups in total. The maximum absolute atomic E-state index is 11.3. The van der Waals surface area contributed by atoms with E-state index in [0.717, 1.165) is 6.42 Å². The van der Waals surface area contributed by atoms with Gasteiger partial charge in [-0.15, -0.1) is 0 Å². The van der Waals surface area contributed by atoms with Crippen LogP contribution in [0.3, 0.4) is 0 Å². The van der Waals surface area contributed by atoms with E-state index in [0.29, 0.717) is 6.42 Å². The molecule has 1 amide bonds. The van der Waals surface area contributed by atoms with Crippen molar-refractivity contribution in [1.82, 2.24) is 5.48 Å². The van der Waals surface area contributed by atoms with Crippen LogP contribution in [0.5, 0.6) is 0 Å². The molecule has 0 radical (unpaired) electrons. The Balaban J connectivity index is 3.88. The maximum atomic E-state index is 11.3. The van der Waals surface area contributed by atoms with E-state index in [1.807, 2.05) is 12.4 Å². The molecular weight excluding hydrogens is 188 g/mol. The predicted molar refractivity (Wildman–Crippen MR) is 49.2 cm³/mol. The third-order valence-corrected chi connectivity index (χ3v) is 1.65. The van der Waals surface area contributed by atoms with E-state index in [9.17, 15) is 9.59 Å². The number of aliphatic carboxylic acids is 1. The van der Waals surface area contributed by atoms with Crippen LogP contribution in [0.15, 0.2) is 0 Å². The molecule has 82 valence electrons. The van der Waals surface area contributed by atoms with Gasteiger partial charge in [-0.25, -0.2) is 10.3 Å². The monoisotopic (exact) mass is 204 g/mol. The van der Waals surface area contributed by atoms with E-state index in [1.54, 1.807) is 6.92 Å². The van der Waals surface area contributed by atoms with Gasteiger partial charge in [-0.3, -0.25) is 9.63 Å². The Morgan fingerprint density at radius 3 is 2.57 bits per heavy atom. The van der Waals surface area contributed by atoms with E-state index in [-0.39, 0.29) is 0 Å². The molecule has 1 unspecified atom stereocenters. The highest BCUT2D eigenvalue weighted by Gasteiger charge is 2.27. The lowest BCUT2D eigenvalue weighted by atomic mass is 9.97. The van der Waals surface area contributed by atoms with E-state index in [4.69, 9.17) is 10.8 Å². The lowest BCUT2D eigenvalue weighted by Crippen LogP contribution is -2.51. The number of hydrogen-bond donors (Lipinski definition) is 3. The second kappa shape index (κ2) is 5.56. The van der Waals surface area contributed by atoms with Crippen molar-refractivity contribution in [3.05, 3.63) is 0 Å². The zero-order valence-corrected chi connectivity index (χ0v) is 8.37. The Kier molecular flexibility index (Phi) is 5.11. The quantitative estimate of drug-likeness (QED) is 0.513. The highest BCUT2D eigenvalue weighted by molar-refractivity contribution is 5.84. The number of hydroxylamine groups is 1. The largest absolute Gasteiger partial charge is 0.479 e. The molecule has 0 aromatic rings. The lowest BCUT2D eigenvalue weighted by Gasteiger charge is -2.21. The number of carboxylic acid groups (broad SMARTS) is 1.